The first-order valence-electron chi connectivity index (χ1n) is 9.04. The molecule has 1 amide bonds. The lowest BCUT2D eigenvalue weighted by molar-refractivity contribution is -0.116. The van der Waals surface area contributed by atoms with Gasteiger partial charge in [0.2, 0.25) is 5.91 Å². The van der Waals surface area contributed by atoms with Gasteiger partial charge in [0.15, 0.2) is 0 Å². The number of anilines is 1. The molecule has 0 radical (unpaired) electrons. The van der Waals surface area contributed by atoms with Crippen LogP contribution in [0.15, 0.2) is 42.5 Å². The first kappa shape index (κ1) is 18.3. The van der Waals surface area contributed by atoms with Gasteiger partial charge in [0.1, 0.15) is 0 Å². The fraction of sp³-hybridized carbons (Fsp3) is 0.409. The number of carbonyl (C=O) groups excluding carboxylic acids is 1. The van der Waals surface area contributed by atoms with Crippen LogP contribution in [0.2, 0.25) is 0 Å². The molecule has 0 aromatic heterocycles. The van der Waals surface area contributed by atoms with Crippen LogP contribution in [0.1, 0.15) is 62.3 Å². The number of nitrogens with one attached hydrogen (secondary N) is 1. The van der Waals surface area contributed by atoms with Crippen molar-refractivity contribution in [1.29, 1.82) is 0 Å². The third-order valence-electron chi connectivity index (χ3n) is 4.55. The van der Waals surface area contributed by atoms with Gasteiger partial charge in [-0.05, 0) is 47.4 Å². The molecule has 0 aliphatic heterocycles. The summed E-state index contributed by atoms with van der Waals surface area (Å²) in [5.41, 5.74) is 6.00. The Balaban J connectivity index is 1.99. The summed E-state index contributed by atoms with van der Waals surface area (Å²) >= 11 is 0. The number of aryl methyl sites for hydroxylation is 3. The number of carbonyl (C=O) groups is 1. The Labute approximate surface area is 146 Å². The lowest BCUT2D eigenvalue weighted by Crippen LogP contribution is -2.15. The largest absolute Gasteiger partial charge is 0.326 e. The lowest BCUT2D eigenvalue weighted by Gasteiger charge is -2.14. The minimum absolute atomic E-state index is 0.0959. The Morgan fingerprint density at radius 3 is 2.04 bits per heavy atom. The number of rotatable bonds is 7. The molecular formula is C22H29NO. The molecule has 0 saturated carbocycles. The zero-order chi connectivity index (χ0) is 17.5. The van der Waals surface area contributed by atoms with E-state index in [1.807, 2.05) is 0 Å². The molecule has 1 N–H and O–H groups in total. The van der Waals surface area contributed by atoms with E-state index in [1.54, 1.807) is 0 Å². The van der Waals surface area contributed by atoms with Crippen LogP contribution < -0.4 is 5.32 Å². The zero-order valence-electron chi connectivity index (χ0n) is 15.4. The second-order valence-electron chi connectivity index (χ2n) is 6.60. The number of amides is 1. The first-order chi connectivity index (χ1) is 11.5. The fourth-order valence-corrected chi connectivity index (χ4v) is 2.93. The average molecular weight is 323 g/mol. The van der Waals surface area contributed by atoms with E-state index in [0.717, 1.165) is 24.9 Å². The molecule has 2 aromatic carbocycles. The van der Waals surface area contributed by atoms with Gasteiger partial charge in [0, 0.05) is 12.1 Å². The predicted octanol–water partition coefficient (Wildman–Crippen LogP) is 5.51. The summed E-state index contributed by atoms with van der Waals surface area (Å²) in [5.74, 6) is 0.638. The summed E-state index contributed by atoms with van der Waals surface area (Å²) in [4.78, 5) is 12.4. The van der Waals surface area contributed by atoms with Gasteiger partial charge >= 0.3 is 0 Å². The molecule has 0 saturated heterocycles. The molecule has 2 aromatic rings. The van der Waals surface area contributed by atoms with Crippen LogP contribution in [0.4, 0.5) is 5.69 Å². The third-order valence-corrected chi connectivity index (χ3v) is 4.55. The summed E-state index contributed by atoms with van der Waals surface area (Å²) < 4.78 is 0. The summed E-state index contributed by atoms with van der Waals surface area (Å²) in [6.07, 6.45) is 3.16. The van der Waals surface area contributed by atoms with Gasteiger partial charge < -0.3 is 5.32 Å². The Morgan fingerprint density at radius 1 is 0.958 bits per heavy atom. The Hall–Kier alpha value is -2.09. The van der Waals surface area contributed by atoms with E-state index in [1.165, 1.54) is 22.3 Å². The Bertz CT molecular complexity index is 649. The van der Waals surface area contributed by atoms with Crippen molar-refractivity contribution >= 4 is 11.6 Å². The molecule has 0 heterocycles. The van der Waals surface area contributed by atoms with Crippen molar-refractivity contribution < 1.29 is 4.79 Å². The van der Waals surface area contributed by atoms with Gasteiger partial charge in [-0.2, -0.15) is 0 Å². The van der Waals surface area contributed by atoms with E-state index in [2.05, 4.69) is 75.5 Å². The van der Waals surface area contributed by atoms with Gasteiger partial charge in [-0.3, -0.25) is 4.79 Å². The maximum atomic E-state index is 12.4. The number of benzene rings is 2. The van der Waals surface area contributed by atoms with Gasteiger partial charge in [-0.15, -0.1) is 0 Å². The van der Waals surface area contributed by atoms with Crippen LogP contribution in [0, 0.1) is 0 Å². The summed E-state index contributed by atoms with van der Waals surface area (Å²) in [7, 11) is 0. The Kier molecular flexibility index (Phi) is 6.60. The van der Waals surface area contributed by atoms with Crippen LogP contribution in [-0.4, -0.2) is 5.91 Å². The monoisotopic (exact) mass is 323 g/mol. The average Bonchev–Trinajstić information content (AvgIpc) is 2.60. The summed E-state index contributed by atoms with van der Waals surface area (Å²) in [6.45, 7) is 8.64. The molecule has 24 heavy (non-hydrogen) atoms. The van der Waals surface area contributed by atoms with Crippen LogP contribution >= 0.6 is 0 Å². The molecule has 0 aliphatic carbocycles. The van der Waals surface area contributed by atoms with Gasteiger partial charge in [0.05, 0.1) is 0 Å². The van der Waals surface area contributed by atoms with E-state index in [0.29, 0.717) is 12.3 Å². The predicted molar refractivity (Wildman–Crippen MR) is 103 cm³/mol. The van der Waals surface area contributed by atoms with Gasteiger partial charge in [-0.25, -0.2) is 0 Å². The first-order valence-corrected chi connectivity index (χ1v) is 9.04. The maximum Gasteiger partial charge on any atom is 0.224 e. The van der Waals surface area contributed by atoms with Crippen LogP contribution in [0.25, 0.3) is 0 Å². The fourth-order valence-electron chi connectivity index (χ4n) is 2.93. The summed E-state index contributed by atoms with van der Waals surface area (Å²) in [5, 5.41) is 3.14. The van der Waals surface area contributed by atoms with Crippen LogP contribution in [-0.2, 0) is 24.1 Å². The van der Waals surface area contributed by atoms with Crippen LogP contribution in [0.3, 0.4) is 0 Å². The van der Waals surface area contributed by atoms with Crippen molar-refractivity contribution in [3.63, 3.8) is 0 Å². The van der Waals surface area contributed by atoms with Gasteiger partial charge in [-0.1, -0.05) is 70.2 Å². The highest BCUT2D eigenvalue weighted by atomic mass is 16.1. The highest BCUT2D eigenvalue weighted by Gasteiger charge is 2.10. The number of para-hydroxylation sites is 1. The smallest absolute Gasteiger partial charge is 0.224 e. The molecule has 2 heteroatoms. The molecule has 0 aliphatic rings. The van der Waals surface area contributed by atoms with Gasteiger partial charge in [0.25, 0.3) is 0 Å². The summed E-state index contributed by atoms with van der Waals surface area (Å²) in [6, 6.07) is 14.9. The third kappa shape index (κ3) is 4.70. The quantitative estimate of drug-likeness (QED) is 0.715. The topological polar surface area (TPSA) is 29.1 Å². The molecule has 128 valence electrons. The van der Waals surface area contributed by atoms with E-state index in [9.17, 15) is 4.79 Å². The van der Waals surface area contributed by atoms with E-state index in [-0.39, 0.29) is 5.91 Å². The lowest BCUT2D eigenvalue weighted by atomic mass is 10.00. The molecule has 0 unspecified atom stereocenters. The minimum atomic E-state index is 0.0959. The zero-order valence-corrected chi connectivity index (χ0v) is 15.4. The molecule has 2 rings (SSSR count). The minimum Gasteiger partial charge on any atom is -0.326 e. The van der Waals surface area contributed by atoms with Crippen molar-refractivity contribution in [2.24, 2.45) is 0 Å². The molecule has 0 atom stereocenters. The van der Waals surface area contributed by atoms with Crippen LogP contribution in [0.5, 0.6) is 0 Å². The molecule has 2 nitrogen and oxygen atoms in total. The molecule has 0 fully saturated rings. The van der Waals surface area contributed by atoms with Crippen molar-refractivity contribution in [1.82, 2.24) is 0 Å². The molecular weight excluding hydrogens is 294 g/mol. The van der Waals surface area contributed by atoms with E-state index in [4.69, 9.17) is 0 Å². The second kappa shape index (κ2) is 8.68. The normalized spacial score (nSPS) is 10.9. The number of hydrogen-bond acceptors (Lipinski definition) is 1. The maximum absolute atomic E-state index is 12.4. The van der Waals surface area contributed by atoms with Crippen molar-refractivity contribution in [2.45, 2.75) is 59.3 Å². The van der Waals surface area contributed by atoms with Crippen molar-refractivity contribution in [3.8, 4) is 0 Å². The Morgan fingerprint density at radius 2 is 1.54 bits per heavy atom. The van der Waals surface area contributed by atoms with E-state index >= 15 is 0 Å². The highest BCUT2D eigenvalue weighted by Crippen LogP contribution is 2.23. The SMILES string of the molecule is CCc1cccc(CC)c1NC(=O)CCc1ccc(C(C)C)cc1. The molecule has 0 spiro atoms. The highest BCUT2D eigenvalue weighted by molar-refractivity contribution is 5.92. The standard InChI is InChI=1S/C22H29NO/c1-5-18-8-7-9-19(6-2)22(18)23-21(24)15-12-17-10-13-20(14-11-17)16(3)4/h7-11,13-14,16H,5-6,12,15H2,1-4H3,(H,23,24). The van der Waals surface area contributed by atoms with Crippen molar-refractivity contribution in [2.75, 3.05) is 5.32 Å². The van der Waals surface area contributed by atoms with E-state index < -0.39 is 0 Å². The second-order valence-corrected chi connectivity index (χ2v) is 6.60. The number of hydrogen-bond donors (Lipinski definition) is 1. The van der Waals surface area contributed by atoms with Crippen molar-refractivity contribution in [3.05, 3.63) is 64.7 Å². The molecule has 0 bridgehead atoms.